The van der Waals surface area contributed by atoms with E-state index in [1.165, 1.54) is 11.8 Å². The molecule has 0 bridgehead atoms. The van der Waals surface area contributed by atoms with E-state index in [9.17, 15) is 4.79 Å². The fourth-order valence-corrected chi connectivity index (χ4v) is 4.53. The molecule has 1 amide bonds. The minimum Gasteiger partial charge on any atom is -0.360 e. The third kappa shape index (κ3) is 3.73. The number of nitrogens with zero attached hydrogens (tertiary/aromatic N) is 3. The summed E-state index contributed by atoms with van der Waals surface area (Å²) < 4.78 is 2.20. The van der Waals surface area contributed by atoms with Gasteiger partial charge in [0.25, 0.3) is 0 Å². The first-order valence-corrected chi connectivity index (χ1v) is 11.2. The summed E-state index contributed by atoms with van der Waals surface area (Å²) in [7, 11) is 0. The summed E-state index contributed by atoms with van der Waals surface area (Å²) in [6, 6.07) is 18.6. The van der Waals surface area contributed by atoms with Crippen LogP contribution in [0.25, 0.3) is 22.3 Å². The molecule has 0 saturated heterocycles. The zero-order valence-corrected chi connectivity index (χ0v) is 17.5. The Kier molecular flexibility index (Phi) is 5.04. The number of fused-ring (bicyclic) bond motifs is 1. The Morgan fingerprint density at radius 2 is 1.93 bits per heavy atom. The lowest BCUT2D eigenvalue weighted by atomic mass is 10.1. The van der Waals surface area contributed by atoms with Gasteiger partial charge in [-0.15, -0.1) is 10.2 Å². The first-order valence-electron chi connectivity index (χ1n) is 10.2. The number of hydrogen-bond donors (Lipinski definition) is 2. The predicted octanol–water partition coefficient (Wildman–Crippen LogP) is 4.73. The monoisotopic (exact) mass is 417 g/mol. The average molecular weight is 418 g/mol. The highest BCUT2D eigenvalue weighted by molar-refractivity contribution is 7.99. The van der Waals surface area contributed by atoms with Crippen molar-refractivity contribution in [1.82, 2.24) is 25.1 Å². The zero-order chi connectivity index (χ0) is 20.5. The molecule has 5 rings (SSSR count). The molecule has 1 atom stereocenters. The third-order valence-corrected chi connectivity index (χ3v) is 6.36. The Morgan fingerprint density at radius 3 is 2.73 bits per heavy atom. The van der Waals surface area contributed by atoms with E-state index in [0.717, 1.165) is 45.9 Å². The van der Waals surface area contributed by atoms with Crippen molar-refractivity contribution in [1.29, 1.82) is 0 Å². The Bertz CT molecular complexity index is 1180. The molecule has 0 unspecified atom stereocenters. The number of rotatable bonds is 7. The number of nitrogens with one attached hydrogen (secondary N) is 2. The molecular formula is C23H23N5OS. The van der Waals surface area contributed by atoms with Crippen LogP contribution in [0.1, 0.15) is 37.4 Å². The van der Waals surface area contributed by atoms with Gasteiger partial charge in [0, 0.05) is 28.7 Å². The minimum atomic E-state index is -0.0256. The van der Waals surface area contributed by atoms with Gasteiger partial charge in [0.15, 0.2) is 11.0 Å². The maximum Gasteiger partial charge on any atom is 0.230 e. The smallest absolute Gasteiger partial charge is 0.230 e. The van der Waals surface area contributed by atoms with Crippen LogP contribution < -0.4 is 5.32 Å². The highest BCUT2D eigenvalue weighted by atomic mass is 32.2. The van der Waals surface area contributed by atoms with Crippen molar-refractivity contribution >= 4 is 28.6 Å². The fraction of sp³-hybridized carbons (Fsp3) is 0.261. The second-order valence-corrected chi connectivity index (χ2v) is 8.59. The van der Waals surface area contributed by atoms with E-state index in [1.807, 2.05) is 55.6 Å². The number of amides is 1. The van der Waals surface area contributed by atoms with Crippen molar-refractivity contribution in [3.63, 3.8) is 0 Å². The highest BCUT2D eigenvalue weighted by Crippen LogP contribution is 2.42. The topological polar surface area (TPSA) is 75.6 Å². The number of aromatic amines is 1. The molecule has 1 fully saturated rings. The molecule has 1 aliphatic rings. The van der Waals surface area contributed by atoms with E-state index in [-0.39, 0.29) is 11.9 Å². The van der Waals surface area contributed by atoms with Gasteiger partial charge in [0.2, 0.25) is 5.91 Å². The van der Waals surface area contributed by atoms with Gasteiger partial charge in [-0.3, -0.25) is 9.36 Å². The standard InChI is InChI=1S/C23H23N5OS/c1-15(16-7-3-2-4-8-16)25-21(29)14-30-23-27-26-22(28(23)17-11-12-17)19-13-24-20-10-6-5-9-18(19)20/h2-10,13,15,17,24H,11-12,14H2,1H3,(H,25,29)/t15-/m1/s1. The van der Waals surface area contributed by atoms with Crippen LogP contribution in [0.15, 0.2) is 66.0 Å². The lowest BCUT2D eigenvalue weighted by Crippen LogP contribution is -2.28. The fourth-order valence-electron chi connectivity index (χ4n) is 3.72. The van der Waals surface area contributed by atoms with Gasteiger partial charge < -0.3 is 10.3 Å². The van der Waals surface area contributed by atoms with Crippen LogP contribution in [0, 0.1) is 0 Å². The SMILES string of the molecule is C[C@@H](NC(=O)CSc1nnc(-c2c[nH]c3ccccc23)n1C1CC1)c1ccccc1. The lowest BCUT2D eigenvalue weighted by molar-refractivity contribution is -0.119. The Morgan fingerprint density at radius 1 is 1.17 bits per heavy atom. The third-order valence-electron chi connectivity index (χ3n) is 5.42. The maximum atomic E-state index is 12.5. The van der Waals surface area contributed by atoms with Crippen LogP contribution in [0.3, 0.4) is 0 Å². The first-order chi connectivity index (χ1) is 14.7. The summed E-state index contributed by atoms with van der Waals surface area (Å²) in [6.45, 7) is 2.00. The summed E-state index contributed by atoms with van der Waals surface area (Å²) in [5, 5.41) is 13.9. The number of aromatic nitrogens is 4. The molecule has 4 aromatic rings. The molecule has 7 heteroatoms. The zero-order valence-electron chi connectivity index (χ0n) is 16.7. The number of carbonyl (C=O) groups excluding carboxylic acids is 1. The van der Waals surface area contributed by atoms with E-state index in [1.54, 1.807) is 0 Å². The van der Waals surface area contributed by atoms with Crippen molar-refractivity contribution in [2.24, 2.45) is 0 Å². The molecule has 2 N–H and O–H groups in total. The molecule has 2 heterocycles. The number of thioether (sulfide) groups is 1. The molecule has 2 aromatic carbocycles. The summed E-state index contributed by atoms with van der Waals surface area (Å²) in [5.74, 6) is 1.18. The Balaban J connectivity index is 1.33. The number of hydrogen-bond acceptors (Lipinski definition) is 4. The van der Waals surface area contributed by atoms with Gasteiger partial charge in [0.1, 0.15) is 0 Å². The molecule has 152 valence electrons. The molecule has 1 aliphatic carbocycles. The Labute approximate surface area is 179 Å². The van der Waals surface area contributed by atoms with Crippen LogP contribution in [0.2, 0.25) is 0 Å². The largest absolute Gasteiger partial charge is 0.360 e. The van der Waals surface area contributed by atoms with Crippen LogP contribution >= 0.6 is 11.8 Å². The van der Waals surface area contributed by atoms with E-state index in [0.29, 0.717) is 11.8 Å². The van der Waals surface area contributed by atoms with Crippen molar-refractivity contribution in [3.8, 4) is 11.4 Å². The molecule has 1 saturated carbocycles. The van der Waals surface area contributed by atoms with Crippen LogP contribution in [-0.4, -0.2) is 31.4 Å². The molecule has 30 heavy (non-hydrogen) atoms. The van der Waals surface area contributed by atoms with Crippen molar-refractivity contribution in [3.05, 3.63) is 66.4 Å². The number of benzene rings is 2. The second-order valence-electron chi connectivity index (χ2n) is 7.64. The van der Waals surface area contributed by atoms with Gasteiger partial charge in [-0.05, 0) is 31.4 Å². The summed E-state index contributed by atoms with van der Waals surface area (Å²) in [5.41, 5.74) is 3.24. The normalized spacial score (nSPS) is 14.7. The molecule has 0 spiro atoms. The second kappa shape index (κ2) is 7.99. The predicted molar refractivity (Wildman–Crippen MR) is 119 cm³/mol. The van der Waals surface area contributed by atoms with E-state index < -0.39 is 0 Å². The van der Waals surface area contributed by atoms with E-state index in [2.05, 4.69) is 37.2 Å². The number of carbonyl (C=O) groups is 1. The van der Waals surface area contributed by atoms with Gasteiger partial charge in [-0.1, -0.05) is 60.3 Å². The van der Waals surface area contributed by atoms with Gasteiger partial charge >= 0.3 is 0 Å². The highest BCUT2D eigenvalue weighted by Gasteiger charge is 2.31. The Hall–Kier alpha value is -3.06. The summed E-state index contributed by atoms with van der Waals surface area (Å²) in [4.78, 5) is 15.8. The minimum absolute atomic E-state index is 0.00431. The van der Waals surface area contributed by atoms with Crippen LogP contribution in [-0.2, 0) is 4.79 Å². The first kappa shape index (κ1) is 18.9. The van der Waals surface area contributed by atoms with Crippen LogP contribution in [0.5, 0.6) is 0 Å². The quantitative estimate of drug-likeness (QED) is 0.426. The summed E-state index contributed by atoms with van der Waals surface area (Å²) >= 11 is 1.45. The number of H-pyrrole nitrogens is 1. The van der Waals surface area contributed by atoms with Gasteiger partial charge in [-0.25, -0.2) is 0 Å². The molecule has 2 aromatic heterocycles. The average Bonchev–Trinajstić information content (AvgIpc) is 3.38. The van der Waals surface area contributed by atoms with E-state index >= 15 is 0 Å². The number of para-hydroxylation sites is 1. The molecule has 6 nitrogen and oxygen atoms in total. The lowest BCUT2D eigenvalue weighted by Gasteiger charge is -2.14. The van der Waals surface area contributed by atoms with Crippen LogP contribution in [0.4, 0.5) is 0 Å². The van der Waals surface area contributed by atoms with Gasteiger partial charge in [-0.2, -0.15) is 0 Å². The van der Waals surface area contributed by atoms with Gasteiger partial charge in [0.05, 0.1) is 11.8 Å². The molecule has 0 aliphatic heterocycles. The maximum absolute atomic E-state index is 12.5. The van der Waals surface area contributed by atoms with E-state index in [4.69, 9.17) is 0 Å². The molecule has 0 radical (unpaired) electrons. The van der Waals surface area contributed by atoms with Crippen molar-refractivity contribution in [2.75, 3.05) is 5.75 Å². The van der Waals surface area contributed by atoms with Crippen molar-refractivity contribution < 1.29 is 4.79 Å². The molecular weight excluding hydrogens is 394 g/mol. The van der Waals surface area contributed by atoms with Crippen molar-refractivity contribution in [2.45, 2.75) is 37.0 Å². The summed E-state index contributed by atoms with van der Waals surface area (Å²) in [6.07, 6.45) is 4.24.